The predicted molar refractivity (Wildman–Crippen MR) is 103 cm³/mol. The summed E-state index contributed by atoms with van der Waals surface area (Å²) in [4.78, 5) is 19.9. The molecular weight excluding hydrogens is 328 g/mol. The van der Waals surface area contributed by atoms with Gasteiger partial charge in [-0.2, -0.15) is 0 Å². The Kier molecular flexibility index (Phi) is 4.84. The van der Waals surface area contributed by atoms with Gasteiger partial charge in [0, 0.05) is 17.4 Å². The van der Waals surface area contributed by atoms with Gasteiger partial charge in [-0.15, -0.1) is 0 Å². The largest absolute Gasteiger partial charge is 0.478 e. The molecule has 0 aliphatic carbocycles. The third-order valence-corrected chi connectivity index (χ3v) is 4.09. The number of carboxylic acids is 1. The fourth-order valence-corrected chi connectivity index (χ4v) is 2.60. The van der Waals surface area contributed by atoms with E-state index in [1.807, 2.05) is 19.1 Å². The van der Waals surface area contributed by atoms with Crippen LogP contribution in [-0.2, 0) is 0 Å². The Bertz CT molecular complexity index is 970. The highest BCUT2D eigenvalue weighted by atomic mass is 16.4. The summed E-state index contributed by atoms with van der Waals surface area (Å²) in [5, 5.41) is 15.6. The summed E-state index contributed by atoms with van der Waals surface area (Å²) in [6, 6.07) is 14.5. The fraction of sp³-hybridized carbons (Fsp3) is 0.150. The highest BCUT2D eigenvalue weighted by Gasteiger charge is 2.07. The number of nitrogens with zero attached hydrogens (tertiary/aromatic N) is 2. The molecule has 0 spiro atoms. The first-order valence-corrected chi connectivity index (χ1v) is 8.21. The second-order valence-electron chi connectivity index (χ2n) is 6.07. The average molecular weight is 348 g/mol. The number of carbonyl (C=O) groups is 1. The molecule has 0 amide bonds. The molecule has 3 rings (SSSR count). The Morgan fingerprint density at radius 3 is 2.35 bits per heavy atom. The van der Waals surface area contributed by atoms with Crippen molar-refractivity contribution in [3.05, 3.63) is 71.0 Å². The van der Waals surface area contributed by atoms with E-state index in [-0.39, 0.29) is 5.56 Å². The topological polar surface area (TPSA) is 87.1 Å². The Morgan fingerprint density at radius 1 is 0.923 bits per heavy atom. The number of nitrogens with one attached hydrogen (secondary N) is 2. The van der Waals surface area contributed by atoms with E-state index in [0.717, 1.165) is 11.3 Å². The van der Waals surface area contributed by atoms with E-state index in [4.69, 9.17) is 5.11 Å². The van der Waals surface area contributed by atoms with E-state index >= 15 is 0 Å². The van der Waals surface area contributed by atoms with Crippen molar-refractivity contribution in [2.45, 2.75) is 20.8 Å². The summed E-state index contributed by atoms with van der Waals surface area (Å²) < 4.78 is 0. The van der Waals surface area contributed by atoms with E-state index in [1.54, 1.807) is 30.3 Å². The van der Waals surface area contributed by atoms with Crippen LogP contribution in [-0.4, -0.2) is 21.0 Å². The van der Waals surface area contributed by atoms with Crippen LogP contribution in [0.2, 0.25) is 0 Å². The summed E-state index contributed by atoms with van der Waals surface area (Å²) in [6.07, 6.45) is 0. The molecule has 26 heavy (non-hydrogen) atoms. The molecule has 0 aliphatic heterocycles. The minimum atomic E-state index is -0.968. The molecule has 6 nitrogen and oxygen atoms in total. The Hall–Kier alpha value is -3.41. The second-order valence-corrected chi connectivity index (χ2v) is 6.07. The number of rotatable bonds is 5. The normalized spacial score (nSPS) is 10.4. The molecule has 6 heteroatoms. The quantitative estimate of drug-likeness (QED) is 0.625. The summed E-state index contributed by atoms with van der Waals surface area (Å²) >= 11 is 0. The summed E-state index contributed by atoms with van der Waals surface area (Å²) in [7, 11) is 0. The Morgan fingerprint density at radius 2 is 1.62 bits per heavy atom. The second kappa shape index (κ2) is 7.23. The minimum absolute atomic E-state index is 0.217. The van der Waals surface area contributed by atoms with Gasteiger partial charge in [0.1, 0.15) is 17.5 Å². The first kappa shape index (κ1) is 17.4. The average Bonchev–Trinajstić information content (AvgIpc) is 2.59. The zero-order valence-corrected chi connectivity index (χ0v) is 14.9. The number of carboxylic acid groups (broad SMARTS) is 1. The van der Waals surface area contributed by atoms with Gasteiger partial charge in [0.15, 0.2) is 0 Å². The smallest absolute Gasteiger partial charge is 0.335 e. The first-order chi connectivity index (χ1) is 12.4. The van der Waals surface area contributed by atoms with Crippen LogP contribution in [0.4, 0.5) is 23.0 Å². The van der Waals surface area contributed by atoms with Crippen LogP contribution >= 0.6 is 0 Å². The third kappa shape index (κ3) is 3.97. The molecule has 1 aromatic heterocycles. The van der Waals surface area contributed by atoms with Crippen molar-refractivity contribution in [3.8, 4) is 0 Å². The highest BCUT2D eigenvalue weighted by Crippen LogP contribution is 2.24. The van der Waals surface area contributed by atoms with Gasteiger partial charge in [0.05, 0.1) is 5.56 Å². The molecule has 132 valence electrons. The molecule has 2 aromatic carbocycles. The molecule has 0 saturated carbocycles. The van der Waals surface area contributed by atoms with E-state index in [2.05, 4.69) is 40.5 Å². The van der Waals surface area contributed by atoms with Gasteiger partial charge < -0.3 is 15.7 Å². The van der Waals surface area contributed by atoms with Crippen molar-refractivity contribution < 1.29 is 9.90 Å². The predicted octanol–water partition coefficient (Wildman–Crippen LogP) is 4.59. The minimum Gasteiger partial charge on any atom is -0.478 e. The molecule has 0 bridgehead atoms. The van der Waals surface area contributed by atoms with E-state index in [9.17, 15) is 4.79 Å². The zero-order chi connectivity index (χ0) is 18.7. The van der Waals surface area contributed by atoms with Crippen LogP contribution in [0.1, 0.15) is 27.3 Å². The summed E-state index contributed by atoms with van der Waals surface area (Å²) in [5.74, 6) is 0.901. The van der Waals surface area contributed by atoms with Gasteiger partial charge in [-0.3, -0.25) is 0 Å². The van der Waals surface area contributed by atoms with Gasteiger partial charge >= 0.3 is 5.97 Å². The van der Waals surface area contributed by atoms with Crippen molar-refractivity contribution in [1.82, 2.24) is 9.97 Å². The molecular formula is C20H20N4O2. The first-order valence-electron chi connectivity index (χ1n) is 8.21. The van der Waals surface area contributed by atoms with E-state index in [0.29, 0.717) is 23.1 Å². The lowest BCUT2D eigenvalue weighted by atomic mass is 10.1. The van der Waals surface area contributed by atoms with Crippen molar-refractivity contribution in [1.29, 1.82) is 0 Å². The maximum absolute atomic E-state index is 11.1. The molecule has 1 heterocycles. The van der Waals surface area contributed by atoms with Crippen LogP contribution < -0.4 is 10.6 Å². The highest BCUT2D eigenvalue weighted by molar-refractivity contribution is 5.89. The zero-order valence-electron chi connectivity index (χ0n) is 14.9. The van der Waals surface area contributed by atoms with Crippen LogP contribution in [0.5, 0.6) is 0 Å². The van der Waals surface area contributed by atoms with E-state index in [1.165, 1.54) is 5.56 Å². The monoisotopic (exact) mass is 348 g/mol. The SMILES string of the molecule is Cc1nc(Nc2cccc(C(=O)O)c2)cc(Nc2cccc(C)c2C)n1. The van der Waals surface area contributed by atoms with Crippen molar-refractivity contribution in [3.63, 3.8) is 0 Å². The molecule has 0 aliphatic rings. The number of hydrogen-bond donors (Lipinski definition) is 3. The molecule has 0 atom stereocenters. The van der Waals surface area contributed by atoms with Gasteiger partial charge in [0.25, 0.3) is 0 Å². The maximum Gasteiger partial charge on any atom is 0.335 e. The van der Waals surface area contributed by atoms with Crippen LogP contribution in [0, 0.1) is 20.8 Å². The number of anilines is 4. The van der Waals surface area contributed by atoms with E-state index < -0.39 is 5.97 Å². The number of hydrogen-bond acceptors (Lipinski definition) is 5. The number of benzene rings is 2. The summed E-state index contributed by atoms with van der Waals surface area (Å²) in [5.41, 5.74) is 4.22. The maximum atomic E-state index is 11.1. The summed E-state index contributed by atoms with van der Waals surface area (Å²) in [6.45, 7) is 5.93. The molecule has 0 fully saturated rings. The van der Waals surface area contributed by atoms with Gasteiger partial charge in [-0.1, -0.05) is 18.2 Å². The Labute approximate surface area is 152 Å². The van der Waals surface area contributed by atoms with Crippen LogP contribution in [0.15, 0.2) is 48.5 Å². The fourth-order valence-electron chi connectivity index (χ4n) is 2.60. The Balaban J connectivity index is 1.87. The lowest BCUT2D eigenvalue weighted by Gasteiger charge is -2.13. The van der Waals surface area contributed by atoms with Crippen LogP contribution in [0.3, 0.4) is 0 Å². The third-order valence-electron chi connectivity index (χ3n) is 4.09. The molecule has 3 aromatic rings. The number of aromatic nitrogens is 2. The molecule has 0 saturated heterocycles. The lowest BCUT2D eigenvalue weighted by Crippen LogP contribution is -2.03. The van der Waals surface area contributed by atoms with Gasteiger partial charge in [-0.05, 0) is 56.2 Å². The molecule has 3 N–H and O–H groups in total. The van der Waals surface area contributed by atoms with Crippen LogP contribution in [0.25, 0.3) is 0 Å². The van der Waals surface area contributed by atoms with Crippen molar-refractivity contribution >= 4 is 29.0 Å². The molecule has 0 radical (unpaired) electrons. The molecule has 0 unspecified atom stereocenters. The van der Waals surface area contributed by atoms with Gasteiger partial charge in [0.2, 0.25) is 0 Å². The van der Waals surface area contributed by atoms with Crippen molar-refractivity contribution in [2.75, 3.05) is 10.6 Å². The lowest BCUT2D eigenvalue weighted by molar-refractivity contribution is 0.0697. The van der Waals surface area contributed by atoms with Crippen molar-refractivity contribution in [2.24, 2.45) is 0 Å². The standard InChI is InChI=1S/C20H20N4O2/c1-12-6-4-9-17(13(12)2)24-19-11-18(21-14(3)22-19)23-16-8-5-7-15(10-16)20(25)26/h4-11H,1-3H3,(H,25,26)(H2,21,22,23,24). The number of aryl methyl sites for hydroxylation is 2. The van der Waals surface area contributed by atoms with Gasteiger partial charge in [-0.25, -0.2) is 14.8 Å². The number of aromatic carboxylic acids is 1.